The van der Waals surface area contributed by atoms with Gasteiger partial charge < -0.3 is 19.9 Å². The molecule has 2 N–H and O–H groups in total. The molecule has 1 aromatic carbocycles. The van der Waals surface area contributed by atoms with E-state index in [4.69, 9.17) is 9.47 Å². The molecule has 1 aliphatic carbocycles. The third-order valence-corrected chi connectivity index (χ3v) is 4.07. The van der Waals surface area contributed by atoms with Crippen LogP contribution in [-0.4, -0.2) is 36.5 Å². The van der Waals surface area contributed by atoms with Crippen LogP contribution < -0.4 is 14.8 Å². The molecule has 1 aromatic rings. The number of aliphatic hydroxyl groups excluding tert-OH is 1. The van der Waals surface area contributed by atoms with Gasteiger partial charge in [-0.25, -0.2) is 0 Å². The van der Waals surface area contributed by atoms with Crippen LogP contribution in [0.2, 0.25) is 0 Å². The number of hydrogen-bond acceptors (Lipinski definition) is 4. The van der Waals surface area contributed by atoms with Gasteiger partial charge in [0, 0.05) is 18.0 Å². The Bertz CT molecular complexity index is 434. The summed E-state index contributed by atoms with van der Waals surface area (Å²) in [7, 11) is 0. The van der Waals surface area contributed by atoms with Crippen molar-refractivity contribution in [1.82, 2.24) is 5.32 Å². The van der Waals surface area contributed by atoms with Gasteiger partial charge in [0.1, 0.15) is 17.6 Å². The van der Waals surface area contributed by atoms with Crippen molar-refractivity contribution in [2.75, 3.05) is 19.8 Å². The highest BCUT2D eigenvalue weighted by Gasteiger charge is 2.36. The molecular formula is C17H27NO3. The first kappa shape index (κ1) is 16.1. The maximum atomic E-state index is 9.73. The summed E-state index contributed by atoms with van der Waals surface area (Å²) in [6.45, 7) is 5.74. The summed E-state index contributed by atoms with van der Waals surface area (Å²) in [6, 6.07) is 7.79. The standard InChI is InChI=1S/C17H27NO3/c1-3-18-17(13-19)10-6-9-16(12-17)21-15-8-5-7-14(11-15)20-4-2/h5,7-8,11,16,18-19H,3-4,6,9-10,12-13H2,1-2H3. The lowest BCUT2D eigenvalue weighted by Gasteiger charge is -2.40. The second-order valence-corrected chi connectivity index (χ2v) is 5.71. The van der Waals surface area contributed by atoms with Crippen LogP contribution in [0.15, 0.2) is 24.3 Å². The molecule has 0 aliphatic heterocycles. The topological polar surface area (TPSA) is 50.7 Å². The molecule has 0 aromatic heterocycles. The van der Waals surface area contributed by atoms with E-state index in [-0.39, 0.29) is 18.2 Å². The third kappa shape index (κ3) is 4.35. The summed E-state index contributed by atoms with van der Waals surface area (Å²) in [5.74, 6) is 1.68. The quantitative estimate of drug-likeness (QED) is 0.811. The number of aliphatic hydroxyl groups is 1. The second-order valence-electron chi connectivity index (χ2n) is 5.71. The molecule has 0 spiro atoms. The maximum Gasteiger partial charge on any atom is 0.123 e. The van der Waals surface area contributed by atoms with Gasteiger partial charge in [-0.3, -0.25) is 0 Å². The van der Waals surface area contributed by atoms with Crippen molar-refractivity contribution in [2.45, 2.75) is 51.2 Å². The van der Waals surface area contributed by atoms with Crippen molar-refractivity contribution in [2.24, 2.45) is 0 Å². The van der Waals surface area contributed by atoms with Crippen LogP contribution in [-0.2, 0) is 0 Å². The van der Waals surface area contributed by atoms with Crippen molar-refractivity contribution < 1.29 is 14.6 Å². The molecule has 0 radical (unpaired) electrons. The highest BCUT2D eigenvalue weighted by atomic mass is 16.5. The fourth-order valence-electron chi connectivity index (χ4n) is 3.14. The van der Waals surface area contributed by atoms with Gasteiger partial charge in [0.2, 0.25) is 0 Å². The van der Waals surface area contributed by atoms with Gasteiger partial charge in [-0.15, -0.1) is 0 Å². The van der Waals surface area contributed by atoms with Crippen molar-refractivity contribution in [3.8, 4) is 11.5 Å². The van der Waals surface area contributed by atoms with E-state index in [1.54, 1.807) is 0 Å². The lowest BCUT2D eigenvalue weighted by molar-refractivity contribution is 0.0519. The van der Waals surface area contributed by atoms with E-state index in [1.807, 2.05) is 31.2 Å². The zero-order valence-corrected chi connectivity index (χ0v) is 13.1. The number of rotatable bonds is 7. The fourth-order valence-corrected chi connectivity index (χ4v) is 3.14. The second kappa shape index (κ2) is 7.66. The minimum absolute atomic E-state index is 0.141. The molecule has 1 fully saturated rings. The predicted molar refractivity (Wildman–Crippen MR) is 84.0 cm³/mol. The van der Waals surface area contributed by atoms with E-state index >= 15 is 0 Å². The Labute approximate surface area is 127 Å². The summed E-state index contributed by atoms with van der Waals surface area (Å²) in [4.78, 5) is 0. The van der Waals surface area contributed by atoms with Crippen LogP contribution in [0, 0.1) is 0 Å². The normalized spacial score (nSPS) is 25.6. The fraction of sp³-hybridized carbons (Fsp3) is 0.647. The van der Waals surface area contributed by atoms with E-state index in [9.17, 15) is 5.11 Å². The molecule has 2 rings (SSSR count). The zero-order valence-electron chi connectivity index (χ0n) is 13.1. The Morgan fingerprint density at radius 2 is 2.14 bits per heavy atom. The molecule has 1 aliphatic rings. The molecule has 0 saturated heterocycles. The van der Waals surface area contributed by atoms with E-state index in [1.165, 1.54) is 0 Å². The first-order chi connectivity index (χ1) is 10.2. The highest BCUT2D eigenvalue weighted by Crippen LogP contribution is 2.31. The van der Waals surface area contributed by atoms with Crippen molar-refractivity contribution in [3.05, 3.63) is 24.3 Å². The van der Waals surface area contributed by atoms with Crippen molar-refractivity contribution in [3.63, 3.8) is 0 Å². The lowest BCUT2D eigenvalue weighted by Crippen LogP contribution is -2.53. The molecule has 118 valence electrons. The van der Waals surface area contributed by atoms with E-state index in [0.717, 1.165) is 43.7 Å². The zero-order chi connectivity index (χ0) is 15.1. The summed E-state index contributed by atoms with van der Waals surface area (Å²) in [6.07, 6.45) is 4.10. The number of nitrogens with one attached hydrogen (secondary N) is 1. The predicted octanol–water partition coefficient (Wildman–Crippen LogP) is 2.75. The molecule has 4 heteroatoms. The number of hydrogen-bond donors (Lipinski definition) is 2. The number of likely N-dealkylation sites (N-methyl/N-ethyl adjacent to an activating group) is 1. The van der Waals surface area contributed by atoms with Gasteiger partial charge in [0.25, 0.3) is 0 Å². The molecule has 1 saturated carbocycles. The number of benzene rings is 1. The summed E-state index contributed by atoms with van der Waals surface area (Å²) in [5, 5.41) is 13.2. The maximum absolute atomic E-state index is 9.73. The highest BCUT2D eigenvalue weighted by molar-refractivity contribution is 5.33. The Kier molecular flexibility index (Phi) is 5.88. The molecule has 21 heavy (non-hydrogen) atoms. The molecule has 0 bridgehead atoms. The van der Waals surface area contributed by atoms with E-state index in [0.29, 0.717) is 6.61 Å². The molecular weight excluding hydrogens is 266 g/mol. The smallest absolute Gasteiger partial charge is 0.123 e. The minimum atomic E-state index is -0.185. The van der Waals surface area contributed by atoms with Gasteiger partial charge in [-0.2, -0.15) is 0 Å². The SMILES string of the molecule is CCNC1(CO)CCCC(Oc2cccc(OCC)c2)C1. The first-order valence-corrected chi connectivity index (χ1v) is 7.97. The summed E-state index contributed by atoms with van der Waals surface area (Å²) in [5.41, 5.74) is -0.185. The van der Waals surface area contributed by atoms with Crippen molar-refractivity contribution in [1.29, 1.82) is 0 Å². The van der Waals surface area contributed by atoms with E-state index < -0.39 is 0 Å². The summed E-state index contributed by atoms with van der Waals surface area (Å²) >= 11 is 0. The third-order valence-electron chi connectivity index (χ3n) is 4.07. The van der Waals surface area contributed by atoms with Gasteiger partial charge in [0.15, 0.2) is 0 Å². The van der Waals surface area contributed by atoms with Crippen LogP contribution >= 0.6 is 0 Å². The Morgan fingerprint density at radius 3 is 2.86 bits per heavy atom. The molecule has 0 heterocycles. The molecule has 0 amide bonds. The lowest BCUT2D eigenvalue weighted by atomic mass is 9.80. The monoisotopic (exact) mass is 293 g/mol. The minimum Gasteiger partial charge on any atom is -0.494 e. The average molecular weight is 293 g/mol. The van der Waals surface area contributed by atoms with Crippen LogP contribution in [0.1, 0.15) is 39.5 Å². The van der Waals surface area contributed by atoms with Crippen LogP contribution in [0.4, 0.5) is 0 Å². The van der Waals surface area contributed by atoms with Crippen LogP contribution in [0.5, 0.6) is 11.5 Å². The summed E-state index contributed by atoms with van der Waals surface area (Å²) < 4.78 is 11.6. The average Bonchev–Trinajstić information content (AvgIpc) is 2.49. The van der Waals surface area contributed by atoms with Gasteiger partial charge in [-0.1, -0.05) is 13.0 Å². The van der Waals surface area contributed by atoms with E-state index in [2.05, 4.69) is 12.2 Å². The van der Waals surface area contributed by atoms with Crippen molar-refractivity contribution >= 4 is 0 Å². The first-order valence-electron chi connectivity index (χ1n) is 7.97. The van der Waals surface area contributed by atoms with Crippen LogP contribution in [0.25, 0.3) is 0 Å². The van der Waals surface area contributed by atoms with Gasteiger partial charge >= 0.3 is 0 Å². The van der Waals surface area contributed by atoms with Crippen LogP contribution in [0.3, 0.4) is 0 Å². The molecule has 2 atom stereocenters. The number of ether oxygens (including phenoxy) is 2. The molecule has 2 unspecified atom stereocenters. The van der Waals surface area contributed by atoms with Gasteiger partial charge in [0.05, 0.1) is 13.2 Å². The Hall–Kier alpha value is -1.26. The van der Waals surface area contributed by atoms with Gasteiger partial charge in [-0.05, 0) is 44.9 Å². The molecule has 4 nitrogen and oxygen atoms in total. The Balaban J connectivity index is 2.00. The Morgan fingerprint density at radius 1 is 1.33 bits per heavy atom. The largest absolute Gasteiger partial charge is 0.494 e.